The van der Waals surface area contributed by atoms with Crippen LogP contribution >= 0.6 is 0 Å². The number of oxazole rings is 1. The van der Waals surface area contributed by atoms with E-state index in [0.29, 0.717) is 30.2 Å². The number of carbonyl (C=O) groups is 1. The number of nitrogens with zero attached hydrogens (tertiary/aromatic N) is 4. The summed E-state index contributed by atoms with van der Waals surface area (Å²) in [7, 11) is 0. The minimum absolute atomic E-state index is 0.0133. The van der Waals surface area contributed by atoms with E-state index >= 15 is 0 Å². The van der Waals surface area contributed by atoms with Crippen LogP contribution in [-0.2, 0) is 17.8 Å². The lowest BCUT2D eigenvalue weighted by molar-refractivity contribution is -0.133. The van der Waals surface area contributed by atoms with Crippen molar-refractivity contribution in [2.24, 2.45) is 0 Å². The van der Waals surface area contributed by atoms with Crippen molar-refractivity contribution in [2.75, 3.05) is 6.54 Å². The summed E-state index contributed by atoms with van der Waals surface area (Å²) in [6.07, 6.45) is 8.73. The van der Waals surface area contributed by atoms with Crippen molar-refractivity contribution in [1.82, 2.24) is 19.4 Å². The lowest BCUT2D eigenvalue weighted by Crippen LogP contribution is -2.33. The third-order valence-corrected chi connectivity index (χ3v) is 4.63. The van der Waals surface area contributed by atoms with Crippen LogP contribution in [-0.4, -0.2) is 31.9 Å². The summed E-state index contributed by atoms with van der Waals surface area (Å²) in [5.41, 5.74) is 0.565. The Labute approximate surface area is 150 Å². The first kappa shape index (κ1) is 16.5. The zero-order valence-electron chi connectivity index (χ0n) is 14.2. The van der Waals surface area contributed by atoms with E-state index in [9.17, 15) is 9.18 Å². The second-order valence-electron chi connectivity index (χ2n) is 6.41. The molecule has 3 heterocycles. The third-order valence-electron chi connectivity index (χ3n) is 4.63. The molecule has 1 fully saturated rings. The number of hydrogen-bond acceptors (Lipinski definition) is 4. The van der Waals surface area contributed by atoms with E-state index in [-0.39, 0.29) is 24.3 Å². The monoisotopic (exact) mass is 354 g/mol. The maximum absolute atomic E-state index is 13.8. The van der Waals surface area contributed by atoms with Gasteiger partial charge in [0, 0.05) is 25.4 Å². The van der Waals surface area contributed by atoms with Gasteiger partial charge in [-0.15, -0.1) is 0 Å². The molecule has 0 aliphatic carbocycles. The van der Waals surface area contributed by atoms with Gasteiger partial charge in [0.25, 0.3) is 0 Å². The molecule has 0 N–H and O–H groups in total. The fourth-order valence-electron chi connectivity index (χ4n) is 3.34. The minimum Gasteiger partial charge on any atom is -0.443 e. The van der Waals surface area contributed by atoms with Crippen LogP contribution in [0, 0.1) is 5.82 Å². The van der Waals surface area contributed by atoms with Crippen LogP contribution in [0.3, 0.4) is 0 Å². The van der Waals surface area contributed by atoms with Crippen LogP contribution in [0.15, 0.2) is 53.6 Å². The van der Waals surface area contributed by atoms with Gasteiger partial charge in [-0.1, -0.05) is 18.2 Å². The van der Waals surface area contributed by atoms with Gasteiger partial charge in [0.2, 0.25) is 11.8 Å². The Morgan fingerprint density at radius 3 is 3.04 bits per heavy atom. The lowest BCUT2D eigenvalue weighted by Gasteiger charge is -2.22. The van der Waals surface area contributed by atoms with E-state index in [1.165, 1.54) is 6.07 Å². The highest BCUT2D eigenvalue weighted by Gasteiger charge is 2.33. The predicted octanol–water partition coefficient (Wildman–Crippen LogP) is 2.96. The number of halogens is 1. The first-order valence-electron chi connectivity index (χ1n) is 8.64. The number of amides is 1. The summed E-state index contributed by atoms with van der Waals surface area (Å²) >= 11 is 0. The van der Waals surface area contributed by atoms with Gasteiger partial charge in [0.05, 0.1) is 12.5 Å². The first-order chi connectivity index (χ1) is 12.7. The summed E-state index contributed by atoms with van der Waals surface area (Å²) < 4.78 is 21.4. The van der Waals surface area contributed by atoms with Gasteiger partial charge in [-0.2, -0.15) is 0 Å². The number of imidazole rings is 1. The normalized spacial score (nSPS) is 17.0. The van der Waals surface area contributed by atoms with Crippen molar-refractivity contribution in [3.63, 3.8) is 0 Å². The van der Waals surface area contributed by atoms with Gasteiger partial charge < -0.3 is 13.9 Å². The highest BCUT2D eigenvalue weighted by Crippen LogP contribution is 2.32. The Kier molecular flexibility index (Phi) is 4.51. The molecule has 1 aromatic carbocycles. The smallest absolute Gasteiger partial charge is 0.243 e. The van der Waals surface area contributed by atoms with E-state index in [1.807, 2.05) is 0 Å². The van der Waals surface area contributed by atoms with Crippen LogP contribution in [0.25, 0.3) is 0 Å². The number of likely N-dealkylation sites (tertiary alicyclic amines) is 1. The molecular weight excluding hydrogens is 335 g/mol. The van der Waals surface area contributed by atoms with Crippen molar-refractivity contribution in [3.05, 3.63) is 72.2 Å². The number of hydrogen-bond donors (Lipinski definition) is 0. The topological polar surface area (TPSA) is 64.2 Å². The van der Waals surface area contributed by atoms with Crippen molar-refractivity contribution < 1.29 is 13.6 Å². The van der Waals surface area contributed by atoms with Gasteiger partial charge in [-0.3, -0.25) is 4.79 Å². The Balaban J connectivity index is 1.47. The molecule has 4 rings (SSSR count). The molecule has 134 valence electrons. The minimum atomic E-state index is -0.261. The molecule has 6 nitrogen and oxygen atoms in total. The summed E-state index contributed by atoms with van der Waals surface area (Å²) in [6, 6.07) is 6.45. The molecule has 1 amide bonds. The van der Waals surface area contributed by atoms with Crippen molar-refractivity contribution in [3.8, 4) is 0 Å². The van der Waals surface area contributed by atoms with Crippen LogP contribution in [0.4, 0.5) is 4.39 Å². The van der Waals surface area contributed by atoms with Crippen LogP contribution < -0.4 is 0 Å². The molecular formula is C19H19FN4O2. The van der Waals surface area contributed by atoms with E-state index < -0.39 is 0 Å². The molecule has 0 saturated carbocycles. The third kappa shape index (κ3) is 3.37. The SMILES string of the molecule is O=C(Cn1ccnc1)N1CCCC1c1ncc(Cc2ccccc2F)o1. The van der Waals surface area contributed by atoms with Crippen LogP contribution in [0.5, 0.6) is 0 Å². The van der Waals surface area contributed by atoms with Crippen molar-refractivity contribution in [1.29, 1.82) is 0 Å². The molecule has 0 spiro atoms. The number of benzene rings is 1. The quantitative estimate of drug-likeness (QED) is 0.707. The Bertz CT molecular complexity index is 891. The summed E-state index contributed by atoms with van der Waals surface area (Å²) in [4.78, 5) is 22.7. The summed E-state index contributed by atoms with van der Waals surface area (Å²) in [6.45, 7) is 0.933. The average Bonchev–Trinajstić information content (AvgIpc) is 3.37. The molecule has 1 saturated heterocycles. The largest absolute Gasteiger partial charge is 0.443 e. The maximum Gasteiger partial charge on any atom is 0.243 e. The summed E-state index contributed by atoms with van der Waals surface area (Å²) in [5.74, 6) is 0.870. The van der Waals surface area contributed by atoms with E-state index in [2.05, 4.69) is 9.97 Å². The zero-order valence-corrected chi connectivity index (χ0v) is 14.2. The van der Waals surface area contributed by atoms with Crippen LogP contribution in [0.1, 0.15) is 36.1 Å². The molecule has 0 radical (unpaired) electrons. The lowest BCUT2D eigenvalue weighted by atomic mass is 10.1. The first-order valence-corrected chi connectivity index (χ1v) is 8.64. The second-order valence-corrected chi connectivity index (χ2v) is 6.41. The number of carbonyl (C=O) groups excluding carboxylic acids is 1. The van der Waals surface area contributed by atoms with Gasteiger partial charge in [-0.05, 0) is 24.5 Å². The van der Waals surface area contributed by atoms with E-state index in [0.717, 1.165) is 12.8 Å². The molecule has 1 unspecified atom stereocenters. The Hall–Kier alpha value is -2.96. The fourth-order valence-corrected chi connectivity index (χ4v) is 3.34. The molecule has 1 aliphatic rings. The summed E-state index contributed by atoms with van der Waals surface area (Å²) in [5, 5.41) is 0. The molecule has 1 atom stereocenters. The molecule has 2 aromatic heterocycles. The Morgan fingerprint density at radius 1 is 1.35 bits per heavy atom. The molecule has 0 bridgehead atoms. The van der Waals surface area contributed by atoms with Gasteiger partial charge in [0.1, 0.15) is 24.2 Å². The number of rotatable bonds is 5. The van der Waals surface area contributed by atoms with Crippen LogP contribution in [0.2, 0.25) is 0 Å². The fraction of sp³-hybridized carbons (Fsp3) is 0.316. The van der Waals surface area contributed by atoms with E-state index in [1.54, 1.807) is 52.6 Å². The predicted molar refractivity (Wildman–Crippen MR) is 91.6 cm³/mol. The Morgan fingerprint density at radius 2 is 2.23 bits per heavy atom. The van der Waals surface area contributed by atoms with Crippen molar-refractivity contribution in [2.45, 2.75) is 31.8 Å². The van der Waals surface area contributed by atoms with Gasteiger partial charge in [0.15, 0.2) is 0 Å². The maximum atomic E-state index is 13.8. The standard InChI is InChI=1S/C19H19FN4O2/c20-16-5-2-1-4-14(16)10-15-11-22-19(26-15)17-6-3-8-24(17)18(25)12-23-9-7-21-13-23/h1-2,4-5,7,9,11,13,17H,3,6,8,10,12H2. The molecule has 7 heteroatoms. The zero-order chi connectivity index (χ0) is 17.9. The molecule has 3 aromatic rings. The highest BCUT2D eigenvalue weighted by atomic mass is 19.1. The molecule has 1 aliphatic heterocycles. The van der Waals surface area contributed by atoms with E-state index in [4.69, 9.17) is 4.42 Å². The average molecular weight is 354 g/mol. The van der Waals surface area contributed by atoms with Gasteiger partial charge in [-0.25, -0.2) is 14.4 Å². The highest BCUT2D eigenvalue weighted by molar-refractivity contribution is 5.76. The van der Waals surface area contributed by atoms with Gasteiger partial charge >= 0.3 is 0 Å². The van der Waals surface area contributed by atoms with Crippen molar-refractivity contribution >= 4 is 5.91 Å². The number of aromatic nitrogens is 3. The second kappa shape index (κ2) is 7.11. The molecule has 26 heavy (non-hydrogen) atoms.